The molecular formula is C15H11N3OS2. The number of nitrogens with zero attached hydrogens (tertiary/aromatic N) is 2. The Balaban J connectivity index is 2.23. The van der Waals surface area contributed by atoms with Gasteiger partial charge in [-0.3, -0.25) is 4.98 Å². The van der Waals surface area contributed by atoms with Gasteiger partial charge in [0, 0.05) is 33.8 Å². The van der Waals surface area contributed by atoms with Crippen LogP contribution in [0.5, 0.6) is 5.75 Å². The molecule has 0 atom stereocenters. The van der Waals surface area contributed by atoms with Crippen LogP contribution in [0, 0.1) is 11.3 Å². The first-order valence-corrected chi connectivity index (χ1v) is 7.80. The minimum atomic E-state index is 0.512. The molecule has 0 aliphatic carbocycles. The minimum absolute atomic E-state index is 0.512. The number of nitriles is 1. The number of thiophene rings is 2. The molecule has 3 rings (SSSR count). The fourth-order valence-corrected chi connectivity index (χ4v) is 4.06. The third-order valence-corrected chi connectivity index (χ3v) is 5.23. The normalized spacial score (nSPS) is 10.3. The smallest absolute Gasteiger partial charge is 0.130 e. The molecule has 0 saturated carbocycles. The van der Waals surface area contributed by atoms with E-state index in [-0.39, 0.29) is 0 Å². The number of hydrogen-bond acceptors (Lipinski definition) is 6. The van der Waals surface area contributed by atoms with Crippen molar-refractivity contribution < 1.29 is 4.74 Å². The standard InChI is InChI=1S/C15H11N3OS2/c1-19-10-5-11(20-8-10)15-13(9-3-2-4-18-7-9)14(17)12(6-16)21-15/h2-5,7-8H,17H2,1H3. The van der Waals surface area contributed by atoms with Gasteiger partial charge < -0.3 is 10.5 Å². The number of ether oxygens (including phenoxy) is 1. The molecule has 3 aromatic rings. The van der Waals surface area contributed by atoms with Crippen molar-refractivity contribution in [1.29, 1.82) is 5.26 Å². The average molecular weight is 313 g/mol. The van der Waals surface area contributed by atoms with Crippen molar-refractivity contribution in [1.82, 2.24) is 4.98 Å². The summed E-state index contributed by atoms with van der Waals surface area (Å²) in [7, 11) is 1.64. The molecule has 0 aromatic carbocycles. The van der Waals surface area contributed by atoms with Gasteiger partial charge in [0.15, 0.2) is 0 Å². The summed E-state index contributed by atoms with van der Waals surface area (Å²) in [5.41, 5.74) is 8.45. The van der Waals surface area contributed by atoms with E-state index in [0.717, 1.165) is 26.6 Å². The minimum Gasteiger partial charge on any atom is -0.496 e. The second-order valence-electron chi connectivity index (χ2n) is 4.25. The Hall–Kier alpha value is -2.36. The highest BCUT2D eigenvalue weighted by atomic mass is 32.1. The van der Waals surface area contributed by atoms with E-state index in [1.54, 1.807) is 30.8 Å². The lowest BCUT2D eigenvalue weighted by molar-refractivity contribution is 0.417. The number of anilines is 1. The zero-order valence-corrected chi connectivity index (χ0v) is 12.8. The van der Waals surface area contributed by atoms with Crippen LogP contribution in [0.25, 0.3) is 20.9 Å². The lowest BCUT2D eigenvalue weighted by atomic mass is 10.1. The van der Waals surface area contributed by atoms with Gasteiger partial charge in [-0.05, 0) is 12.1 Å². The number of hydrogen-bond donors (Lipinski definition) is 1. The number of pyridine rings is 1. The Kier molecular flexibility index (Phi) is 3.60. The molecule has 3 aromatic heterocycles. The molecule has 6 heteroatoms. The second kappa shape index (κ2) is 5.56. The maximum atomic E-state index is 9.24. The van der Waals surface area contributed by atoms with Gasteiger partial charge in [-0.25, -0.2) is 0 Å². The third kappa shape index (κ3) is 2.37. The summed E-state index contributed by atoms with van der Waals surface area (Å²) in [5, 5.41) is 11.2. The maximum absolute atomic E-state index is 9.24. The van der Waals surface area contributed by atoms with E-state index in [1.807, 2.05) is 23.6 Å². The molecule has 4 nitrogen and oxygen atoms in total. The van der Waals surface area contributed by atoms with Crippen LogP contribution in [0.1, 0.15) is 4.88 Å². The van der Waals surface area contributed by atoms with Crippen LogP contribution in [0.2, 0.25) is 0 Å². The Morgan fingerprint density at radius 1 is 1.43 bits per heavy atom. The molecule has 21 heavy (non-hydrogen) atoms. The summed E-state index contributed by atoms with van der Waals surface area (Å²) >= 11 is 2.97. The summed E-state index contributed by atoms with van der Waals surface area (Å²) in [5.74, 6) is 0.803. The predicted molar refractivity (Wildman–Crippen MR) is 86.5 cm³/mol. The van der Waals surface area contributed by atoms with Crippen molar-refractivity contribution in [2.75, 3.05) is 12.8 Å². The first kappa shape index (κ1) is 13.6. The van der Waals surface area contributed by atoms with Crippen molar-refractivity contribution in [3.05, 3.63) is 40.8 Å². The van der Waals surface area contributed by atoms with Gasteiger partial charge in [-0.2, -0.15) is 5.26 Å². The zero-order chi connectivity index (χ0) is 14.8. The van der Waals surface area contributed by atoms with Crippen molar-refractivity contribution in [2.24, 2.45) is 0 Å². The molecule has 0 radical (unpaired) electrons. The summed E-state index contributed by atoms with van der Waals surface area (Å²) in [6.07, 6.45) is 3.47. The number of aromatic nitrogens is 1. The summed E-state index contributed by atoms with van der Waals surface area (Å²) in [6, 6.07) is 7.92. The molecule has 104 valence electrons. The molecule has 0 aliphatic heterocycles. The zero-order valence-electron chi connectivity index (χ0n) is 11.2. The Morgan fingerprint density at radius 2 is 2.29 bits per heavy atom. The Morgan fingerprint density at radius 3 is 2.90 bits per heavy atom. The highest BCUT2D eigenvalue weighted by Gasteiger charge is 2.20. The van der Waals surface area contributed by atoms with E-state index < -0.39 is 0 Å². The number of nitrogen functional groups attached to an aromatic ring is 1. The second-order valence-corrected chi connectivity index (χ2v) is 6.19. The van der Waals surface area contributed by atoms with Crippen LogP contribution in [0.15, 0.2) is 36.0 Å². The quantitative estimate of drug-likeness (QED) is 0.793. The van der Waals surface area contributed by atoms with Crippen molar-refractivity contribution >= 4 is 28.4 Å². The van der Waals surface area contributed by atoms with Gasteiger partial charge in [-0.15, -0.1) is 22.7 Å². The topological polar surface area (TPSA) is 71.9 Å². The number of methoxy groups -OCH3 is 1. The third-order valence-electron chi connectivity index (χ3n) is 3.03. The van der Waals surface area contributed by atoms with Gasteiger partial charge in [0.25, 0.3) is 0 Å². The molecule has 0 aliphatic rings. The molecule has 2 N–H and O–H groups in total. The number of nitrogens with two attached hydrogens (primary N) is 1. The summed E-state index contributed by atoms with van der Waals surface area (Å²) < 4.78 is 5.23. The molecule has 3 heterocycles. The van der Waals surface area contributed by atoms with Crippen molar-refractivity contribution in [3.63, 3.8) is 0 Å². The highest BCUT2D eigenvalue weighted by Crippen LogP contribution is 2.47. The lowest BCUT2D eigenvalue weighted by Crippen LogP contribution is -1.89. The van der Waals surface area contributed by atoms with Gasteiger partial charge in [0.2, 0.25) is 0 Å². The van der Waals surface area contributed by atoms with E-state index >= 15 is 0 Å². The van der Waals surface area contributed by atoms with Crippen LogP contribution < -0.4 is 10.5 Å². The highest BCUT2D eigenvalue weighted by molar-refractivity contribution is 7.22. The fourth-order valence-electron chi connectivity index (χ4n) is 2.04. The Bertz CT molecular complexity index is 815. The van der Waals surface area contributed by atoms with Crippen LogP contribution in [0.4, 0.5) is 5.69 Å². The molecule has 0 fully saturated rings. The van der Waals surface area contributed by atoms with Gasteiger partial charge in [0.1, 0.15) is 16.7 Å². The summed E-state index contributed by atoms with van der Waals surface area (Å²) in [6.45, 7) is 0. The molecule has 0 unspecified atom stereocenters. The van der Waals surface area contributed by atoms with Gasteiger partial charge >= 0.3 is 0 Å². The van der Waals surface area contributed by atoms with Crippen LogP contribution >= 0.6 is 22.7 Å². The number of rotatable bonds is 3. The van der Waals surface area contributed by atoms with E-state index in [4.69, 9.17) is 10.5 Å². The van der Waals surface area contributed by atoms with Crippen LogP contribution in [0.3, 0.4) is 0 Å². The predicted octanol–water partition coefficient (Wildman–Crippen LogP) is 4.00. The van der Waals surface area contributed by atoms with E-state index in [0.29, 0.717) is 10.6 Å². The SMILES string of the molecule is COc1csc(-c2sc(C#N)c(N)c2-c2cccnc2)c1. The fraction of sp³-hybridized carbons (Fsp3) is 0.0667. The van der Waals surface area contributed by atoms with E-state index in [1.165, 1.54) is 11.3 Å². The molecule has 0 saturated heterocycles. The van der Waals surface area contributed by atoms with Crippen molar-refractivity contribution in [3.8, 4) is 32.7 Å². The van der Waals surface area contributed by atoms with Gasteiger partial charge in [0.05, 0.1) is 17.7 Å². The first-order chi connectivity index (χ1) is 10.2. The van der Waals surface area contributed by atoms with Gasteiger partial charge in [-0.1, -0.05) is 6.07 Å². The van der Waals surface area contributed by atoms with E-state index in [9.17, 15) is 5.26 Å². The monoisotopic (exact) mass is 313 g/mol. The molecular weight excluding hydrogens is 302 g/mol. The van der Waals surface area contributed by atoms with Crippen LogP contribution in [-0.4, -0.2) is 12.1 Å². The van der Waals surface area contributed by atoms with E-state index in [2.05, 4.69) is 11.1 Å². The molecule has 0 amide bonds. The lowest BCUT2D eigenvalue weighted by Gasteiger charge is -2.03. The first-order valence-electron chi connectivity index (χ1n) is 6.10. The molecule has 0 bridgehead atoms. The van der Waals surface area contributed by atoms with Crippen LogP contribution in [-0.2, 0) is 0 Å². The summed E-state index contributed by atoms with van der Waals surface area (Å²) in [4.78, 5) is 6.67. The van der Waals surface area contributed by atoms with Crippen molar-refractivity contribution in [2.45, 2.75) is 0 Å². The maximum Gasteiger partial charge on any atom is 0.130 e. The molecule has 0 spiro atoms. The largest absolute Gasteiger partial charge is 0.496 e. The average Bonchev–Trinajstić information content (AvgIpc) is 3.12. The Labute approximate surface area is 130 Å².